The van der Waals surface area contributed by atoms with Crippen LogP contribution in [0.2, 0.25) is 0 Å². The third-order valence-electron chi connectivity index (χ3n) is 1.42. The highest BCUT2D eigenvalue weighted by molar-refractivity contribution is 6.64. The second kappa shape index (κ2) is 4.72. The smallest absolute Gasteiger partial charge is 0.245 e. The van der Waals surface area contributed by atoms with Crippen molar-refractivity contribution in [2.45, 2.75) is 6.92 Å². The highest BCUT2D eigenvalue weighted by Gasteiger charge is 1.91. The molecule has 1 aromatic rings. The second-order valence-electron chi connectivity index (χ2n) is 2.59. The maximum Gasteiger partial charge on any atom is 0.245 e. The van der Waals surface area contributed by atoms with Gasteiger partial charge in [-0.2, -0.15) is 10.2 Å². The van der Waals surface area contributed by atoms with Crippen molar-refractivity contribution < 1.29 is 4.79 Å². The topological polar surface area (TPSA) is 41.8 Å². The van der Waals surface area contributed by atoms with Gasteiger partial charge in [0.1, 0.15) is 6.54 Å². The van der Waals surface area contributed by atoms with Crippen LogP contribution in [0, 0.1) is 6.92 Å². The van der Waals surface area contributed by atoms with Crippen LogP contribution in [-0.4, -0.2) is 11.8 Å². The van der Waals surface area contributed by atoms with Gasteiger partial charge >= 0.3 is 0 Å². The number of benzene rings is 1. The van der Waals surface area contributed by atoms with Gasteiger partial charge in [-0.3, -0.25) is 4.79 Å². The largest absolute Gasteiger partial charge is 0.279 e. The van der Waals surface area contributed by atoms with E-state index in [4.69, 9.17) is 11.6 Å². The highest BCUT2D eigenvalue weighted by atomic mass is 35.5. The van der Waals surface area contributed by atoms with E-state index in [1.807, 2.05) is 31.2 Å². The van der Waals surface area contributed by atoms with Gasteiger partial charge in [-0.15, -0.1) is 0 Å². The molecule has 3 nitrogen and oxygen atoms in total. The fourth-order valence-corrected chi connectivity index (χ4v) is 0.837. The van der Waals surface area contributed by atoms with E-state index in [2.05, 4.69) is 10.2 Å². The maximum absolute atomic E-state index is 10.3. The molecular formula is C9H9ClN2O. The van der Waals surface area contributed by atoms with Crippen LogP contribution in [-0.2, 0) is 4.79 Å². The van der Waals surface area contributed by atoms with Crippen molar-refractivity contribution in [3.63, 3.8) is 0 Å². The number of azo groups is 1. The summed E-state index contributed by atoms with van der Waals surface area (Å²) < 4.78 is 0. The van der Waals surface area contributed by atoms with Crippen LogP contribution in [0.3, 0.4) is 0 Å². The second-order valence-corrected chi connectivity index (χ2v) is 3.01. The molecule has 0 unspecified atom stereocenters. The molecule has 0 radical (unpaired) electrons. The van der Waals surface area contributed by atoms with Gasteiger partial charge in [0.25, 0.3) is 0 Å². The lowest BCUT2D eigenvalue weighted by molar-refractivity contribution is -0.110. The minimum atomic E-state index is -0.504. The number of hydrogen-bond donors (Lipinski definition) is 0. The molecule has 4 heteroatoms. The van der Waals surface area contributed by atoms with Crippen molar-refractivity contribution in [2.24, 2.45) is 10.2 Å². The first kappa shape index (κ1) is 9.86. The highest BCUT2D eigenvalue weighted by Crippen LogP contribution is 2.12. The molecule has 0 aliphatic rings. The van der Waals surface area contributed by atoms with Crippen molar-refractivity contribution in [3.05, 3.63) is 29.8 Å². The minimum Gasteiger partial charge on any atom is -0.279 e. The standard InChI is InChI=1S/C9H9ClN2O/c1-7-2-4-8(5-3-7)12-11-6-9(10)13/h2-5H,6H2,1H3. The Balaban J connectivity index is 2.59. The van der Waals surface area contributed by atoms with Crippen molar-refractivity contribution >= 4 is 22.5 Å². The van der Waals surface area contributed by atoms with Crippen LogP contribution in [0.25, 0.3) is 0 Å². The first-order valence-corrected chi connectivity index (χ1v) is 4.19. The van der Waals surface area contributed by atoms with Gasteiger partial charge in [-0.05, 0) is 30.7 Å². The van der Waals surface area contributed by atoms with Crippen LogP contribution in [0.5, 0.6) is 0 Å². The number of halogens is 1. The van der Waals surface area contributed by atoms with Gasteiger partial charge in [0, 0.05) is 0 Å². The van der Waals surface area contributed by atoms with E-state index >= 15 is 0 Å². The summed E-state index contributed by atoms with van der Waals surface area (Å²) in [4.78, 5) is 10.3. The first-order valence-electron chi connectivity index (χ1n) is 3.81. The van der Waals surface area contributed by atoms with E-state index in [0.717, 1.165) is 11.3 Å². The summed E-state index contributed by atoms with van der Waals surface area (Å²) in [5, 5.41) is 6.92. The molecule has 0 aromatic heterocycles. The zero-order valence-electron chi connectivity index (χ0n) is 7.20. The molecule has 0 bridgehead atoms. The Bertz CT molecular complexity index is 319. The minimum absolute atomic E-state index is 0.0740. The van der Waals surface area contributed by atoms with Gasteiger partial charge < -0.3 is 0 Å². The normalized spacial score (nSPS) is 10.6. The molecule has 68 valence electrons. The fourth-order valence-electron chi connectivity index (χ4n) is 0.784. The van der Waals surface area contributed by atoms with Gasteiger partial charge in [0.05, 0.1) is 5.69 Å². The van der Waals surface area contributed by atoms with E-state index in [0.29, 0.717) is 0 Å². The molecule has 0 aliphatic heterocycles. The molecule has 0 atom stereocenters. The molecular weight excluding hydrogens is 188 g/mol. The zero-order chi connectivity index (χ0) is 9.68. The summed E-state index contributed by atoms with van der Waals surface area (Å²) in [6.45, 7) is 1.92. The number of carbonyl (C=O) groups is 1. The molecule has 1 rings (SSSR count). The average molecular weight is 197 g/mol. The van der Waals surface area contributed by atoms with Crippen molar-refractivity contribution in [1.29, 1.82) is 0 Å². The van der Waals surface area contributed by atoms with E-state index in [-0.39, 0.29) is 6.54 Å². The van der Waals surface area contributed by atoms with Gasteiger partial charge in [-0.25, -0.2) is 0 Å². The number of aryl methyl sites for hydroxylation is 1. The summed E-state index contributed by atoms with van der Waals surface area (Å²) in [7, 11) is 0. The summed E-state index contributed by atoms with van der Waals surface area (Å²) in [5.41, 5.74) is 1.89. The number of rotatable bonds is 3. The van der Waals surface area contributed by atoms with Crippen molar-refractivity contribution in [1.82, 2.24) is 0 Å². The fraction of sp³-hybridized carbons (Fsp3) is 0.222. The lowest BCUT2D eigenvalue weighted by Gasteiger charge is -1.92. The Hall–Kier alpha value is -1.22. The molecule has 0 aliphatic carbocycles. The van der Waals surface area contributed by atoms with E-state index in [9.17, 15) is 4.79 Å². The summed E-state index contributed by atoms with van der Waals surface area (Å²) in [6, 6.07) is 7.52. The molecule has 0 spiro atoms. The van der Waals surface area contributed by atoms with Crippen LogP contribution < -0.4 is 0 Å². The lowest BCUT2D eigenvalue weighted by atomic mass is 10.2. The SMILES string of the molecule is Cc1ccc(N=NCC(=O)Cl)cc1. The monoisotopic (exact) mass is 196 g/mol. The quantitative estimate of drug-likeness (QED) is 0.542. The third-order valence-corrected chi connectivity index (χ3v) is 1.53. The summed E-state index contributed by atoms with van der Waals surface area (Å²) in [6.07, 6.45) is 0. The van der Waals surface area contributed by atoms with Crippen LogP contribution in [0.1, 0.15) is 5.56 Å². The Morgan fingerprint density at radius 2 is 2.00 bits per heavy atom. The average Bonchev–Trinajstić information content (AvgIpc) is 2.08. The Labute approximate surface area is 81.4 Å². The predicted molar refractivity (Wildman–Crippen MR) is 51.4 cm³/mol. The van der Waals surface area contributed by atoms with Gasteiger partial charge in [0.15, 0.2) is 0 Å². The molecule has 0 saturated heterocycles. The van der Waals surface area contributed by atoms with Crippen LogP contribution >= 0.6 is 11.6 Å². The molecule has 0 N–H and O–H groups in total. The predicted octanol–water partition coefficient (Wildman–Crippen LogP) is 2.84. The maximum atomic E-state index is 10.3. The molecule has 0 fully saturated rings. The summed E-state index contributed by atoms with van der Waals surface area (Å²) >= 11 is 5.08. The van der Waals surface area contributed by atoms with E-state index in [1.165, 1.54) is 0 Å². The van der Waals surface area contributed by atoms with E-state index < -0.39 is 5.24 Å². The molecule has 13 heavy (non-hydrogen) atoms. The number of nitrogens with zero attached hydrogens (tertiary/aromatic N) is 2. The molecule has 0 amide bonds. The lowest BCUT2D eigenvalue weighted by Crippen LogP contribution is -1.88. The summed E-state index contributed by atoms with van der Waals surface area (Å²) in [5.74, 6) is 0. The Morgan fingerprint density at radius 1 is 1.38 bits per heavy atom. The van der Waals surface area contributed by atoms with Gasteiger partial charge in [-0.1, -0.05) is 17.7 Å². The number of hydrogen-bond acceptors (Lipinski definition) is 3. The van der Waals surface area contributed by atoms with Crippen LogP contribution in [0.15, 0.2) is 34.5 Å². The van der Waals surface area contributed by atoms with E-state index in [1.54, 1.807) is 0 Å². The Kier molecular flexibility index (Phi) is 3.58. The Morgan fingerprint density at radius 3 is 2.54 bits per heavy atom. The van der Waals surface area contributed by atoms with Crippen LogP contribution in [0.4, 0.5) is 5.69 Å². The first-order chi connectivity index (χ1) is 6.18. The molecule has 0 saturated carbocycles. The third kappa shape index (κ3) is 3.80. The zero-order valence-corrected chi connectivity index (χ0v) is 7.95. The number of carbonyl (C=O) groups excluding carboxylic acids is 1. The molecule has 1 aromatic carbocycles. The van der Waals surface area contributed by atoms with Crippen molar-refractivity contribution in [2.75, 3.05) is 6.54 Å². The van der Waals surface area contributed by atoms with Crippen molar-refractivity contribution in [3.8, 4) is 0 Å². The van der Waals surface area contributed by atoms with Gasteiger partial charge in [0.2, 0.25) is 5.24 Å². The molecule has 0 heterocycles.